The SMILES string of the molecule is COc1ccccc1C(=O)NC(=S)Nc1ccc2oc(-c3cncc(Br)c3)nc2c1. The summed E-state index contributed by atoms with van der Waals surface area (Å²) in [5, 5.41) is 5.79. The van der Waals surface area contributed by atoms with E-state index in [9.17, 15) is 4.79 Å². The Bertz CT molecular complexity index is 1260. The molecule has 2 aromatic carbocycles. The van der Waals surface area contributed by atoms with Gasteiger partial charge in [0.25, 0.3) is 5.91 Å². The number of para-hydroxylation sites is 1. The number of amides is 1. The fourth-order valence-electron chi connectivity index (χ4n) is 2.82. The number of nitrogens with one attached hydrogen (secondary N) is 2. The van der Waals surface area contributed by atoms with Crippen molar-refractivity contribution in [3.8, 4) is 17.2 Å². The average molecular weight is 483 g/mol. The molecule has 0 unspecified atom stereocenters. The van der Waals surface area contributed by atoms with Crippen LogP contribution in [-0.2, 0) is 0 Å². The molecule has 7 nitrogen and oxygen atoms in total. The number of methoxy groups -OCH3 is 1. The number of rotatable bonds is 4. The fourth-order valence-corrected chi connectivity index (χ4v) is 3.40. The first-order valence-electron chi connectivity index (χ1n) is 8.80. The second kappa shape index (κ2) is 8.60. The highest BCUT2D eigenvalue weighted by atomic mass is 79.9. The molecule has 0 aliphatic carbocycles. The van der Waals surface area contributed by atoms with Crippen molar-refractivity contribution in [1.82, 2.24) is 15.3 Å². The van der Waals surface area contributed by atoms with Crippen LogP contribution >= 0.6 is 28.1 Å². The average Bonchev–Trinajstić information content (AvgIpc) is 3.17. The van der Waals surface area contributed by atoms with Crippen LogP contribution in [0.4, 0.5) is 5.69 Å². The number of halogens is 1. The van der Waals surface area contributed by atoms with Gasteiger partial charge in [-0.25, -0.2) is 4.98 Å². The molecule has 0 spiro atoms. The van der Waals surface area contributed by atoms with Crippen LogP contribution in [0.1, 0.15) is 10.4 Å². The van der Waals surface area contributed by atoms with Crippen LogP contribution in [0.15, 0.2) is 69.8 Å². The second-order valence-corrected chi connectivity index (χ2v) is 7.53. The first kappa shape index (κ1) is 20.0. The Labute approximate surface area is 185 Å². The molecule has 30 heavy (non-hydrogen) atoms. The quantitative estimate of drug-likeness (QED) is 0.404. The zero-order valence-electron chi connectivity index (χ0n) is 15.7. The van der Waals surface area contributed by atoms with Gasteiger partial charge in [0, 0.05) is 22.6 Å². The van der Waals surface area contributed by atoms with Crippen molar-refractivity contribution >= 4 is 56.0 Å². The van der Waals surface area contributed by atoms with Crippen LogP contribution < -0.4 is 15.4 Å². The fraction of sp³-hybridized carbons (Fsp3) is 0.0476. The number of hydrogen-bond acceptors (Lipinski definition) is 6. The molecule has 4 rings (SSSR count). The number of nitrogens with zero attached hydrogens (tertiary/aromatic N) is 2. The van der Waals surface area contributed by atoms with Crippen molar-refractivity contribution in [2.24, 2.45) is 0 Å². The molecule has 2 aromatic heterocycles. The third kappa shape index (κ3) is 4.32. The minimum Gasteiger partial charge on any atom is -0.496 e. The van der Waals surface area contributed by atoms with E-state index in [0.717, 1.165) is 10.0 Å². The molecule has 0 aliphatic rings. The van der Waals surface area contributed by atoms with Gasteiger partial charge in [-0.3, -0.25) is 15.1 Å². The highest BCUT2D eigenvalue weighted by Gasteiger charge is 2.14. The van der Waals surface area contributed by atoms with E-state index in [-0.39, 0.29) is 11.0 Å². The van der Waals surface area contributed by atoms with Crippen LogP contribution in [-0.4, -0.2) is 28.1 Å². The van der Waals surface area contributed by atoms with Crippen molar-refractivity contribution in [2.75, 3.05) is 12.4 Å². The predicted molar refractivity (Wildman–Crippen MR) is 122 cm³/mol. The minimum atomic E-state index is -0.364. The molecule has 2 N–H and O–H groups in total. The molecule has 1 amide bonds. The zero-order chi connectivity index (χ0) is 21.1. The van der Waals surface area contributed by atoms with Gasteiger partial charge in [0.15, 0.2) is 10.7 Å². The lowest BCUT2D eigenvalue weighted by atomic mass is 10.2. The van der Waals surface area contributed by atoms with Crippen molar-refractivity contribution in [1.29, 1.82) is 0 Å². The van der Waals surface area contributed by atoms with E-state index in [0.29, 0.717) is 34.0 Å². The first-order chi connectivity index (χ1) is 14.5. The van der Waals surface area contributed by atoms with Gasteiger partial charge in [-0.1, -0.05) is 12.1 Å². The van der Waals surface area contributed by atoms with Gasteiger partial charge in [-0.15, -0.1) is 0 Å². The van der Waals surface area contributed by atoms with E-state index in [1.807, 2.05) is 6.07 Å². The van der Waals surface area contributed by atoms with Gasteiger partial charge in [0.05, 0.1) is 18.2 Å². The molecular formula is C21H15BrN4O3S. The molecule has 0 radical (unpaired) electrons. The Kier molecular flexibility index (Phi) is 5.73. The molecule has 0 atom stereocenters. The minimum absolute atomic E-state index is 0.158. The maximum atomic E-state index is 12.5. The summed E-state index contributed by atoms with van der Waals surface area (Å²) in [6.45, 7) is 0. The number of carbonyl (C=O) groups excluding carboxylic acids is 1. The molecule has 0 saturated heterocycles. The van der Waals surface area contributed by atoms with Gasteiger partial charge < -0.3 is 14.5 Å². The molecule has 0 aliphatic heterocycles. The van der Waals surface area contributed by atoms with E-state index in [2.05, 4.69) is 36.5 Å². The Hall–Kier alpha value is -3.30. The third-order valence-electron chi connectivity index (χ3n) is 4.18. The number of hydrogen-bond donors (Lipinski definition) is 2. The zero-order valence-corrected chi connectivity index (χ0v) is 18.1. The summed E-state index contributed by atoms with van der Waals surface area (Å²) in [5.74, 6) is 0.566. The molecule has 0 bridgehead atoms. The number of ether oxygens (including phenoxy) is 1. The van der Waals surface area contributed by atoms with Crippen LogP contribution in [0.5, 0.6) is 5.75 Å². The number of carbonyl (C=O) groups is 1. The summed E-state index contributed by atoms with van der Waals surface area (Å²) in [7, 11) is 1.51. The van der Waals surface area contributed by atoms with E-state index >= 15 is 0 Å². The van der Waals surface area contributed by atoms with Crippen molar-refractivity contribution in [3.63, 3.8) is 0 Å². The highest BCUT2D eigenvalue weighted by Crippen LogP contribution is 2.27. The number of benzene rings is 2. The lowest BCUT2D eigenvalue weighted by Gasteiger charge is -2.11. The summed E-state index contributed by atoms with van der Waals surface area (Å²) in [5.41, 5.74) is 3.09. The monoisotopic (exact) mass is 482 g/mol. The molecule has 4 aromatic rings. The molecule has 0 fully saturated rings. The second-order valence-electron chi connectivity index (χ2n) is 6.20. The summed E-state index contributed by atoms with van der Waals surface area (Å²) in [6, 6.07) is 14.2. The van der Waals surface area contributed by atoms with Crippen molar-refractivity contribution in [2.45, 2.75) is 0 Å². The Morgan fingerprint density at radius 1 is 1.17 bits per heavy atom. The number of fused-ring (bicyclic) bond motifs is 1. The van der Waals surface area contributed by atoms with Gasteiger partial charge in [0.2, 0.25) is 5.89 Å². The summed E-state index contributed by atoms with van der Waals surface area (Å²) in [4.78, 5) is 21.1. The van der Waals surface area contributed by atoms with E-state index in [4.69, 9.17) is 21.4 Å². The topological polar surface area (TPSA) is 89.3 Å². The standard InChI is InChI=1S/C21H15BrN4O3S/c1-28-17-5-3-2-4-15(17)19(27)26-21(30)24-14-6-7-18-16(9-14)25-20(29-18)12-8-13(22)11-23-10-12/h2-11H,1H3,(H2,24,26,27,30). The lowest BCUT2D eigenvalue weighted by Crippen LogP contribution is -2.34. The van der Waals surface area contributed by atoms with Gasteiger partial charge in [0.1, 0.15) is 11.3 Å². The largest absolute Gasteiger partial charge is 0.496 e. The first-order valence-corrected chi connectivity index (χ1v) is 10.0. The van der Waals surface area contributed by atoms with Gasteiger partial charge >= 0.3 is 0 Å². The molecule has 2 heterocycles. The number of pyridine rings is 1. The summed E-state index contributed by atoms with van der Waals surface area (Å²) in [6.07, 6.45) is 3.37. The lowest BCUT2D eigenvalue weighted by molar-refractivity contribution is 0.0975. The normalized spacial score (nSPS) is 10.6. The van der Waals surface area contributed by atoms with Crippen molar-refractivity contribution in [3.05, 3.63) is 71.0 Å². The molecular weight excluding hydrogens is 468 g/mol. The molecule has 150 valence electrons. The Balaban J connectivity index is 1.49. The van der Waals surface area contributed by atoms with E-state index in [1.165, 1.54) is 7.11 Å². The Morgan fingerprint density at radius 3 is 2.80 bits per heavy atom. The van der Waals surface area contributed by atoms with Crippen LogP contribution in [0.2, 0.25) is 0 Å². The van der Waals surface area contributed by atoms with E-state index in [1.54, 1.807) is 54.9 Å². The van der Waals surface area contributed by atoms with Crippen LogP contribution in [0.25, 0.3) is 22.6 Å². The smallest absolute Gasteiger partial charge is 0.261 e. The number of thiocarbonyl (C=S) groups is 1. The number of aromatic nitrogens is 2. The molecule has 9 heteroatoms. The molecule has 0 saturated carbocycles. The number of anilines is 1. The maximum absolute atomic E-state index is 12.5. The van der Waals surface area contributed by atoms with Crippen LogP contribution in [0.3, 0.4) is 0 Å². The van der Waals surface area contributed by atoms with Crippen molar-refractivity contribution < 1.29 is 13.9 Å². The van der Waals surface area contributed by atoms with Gasteiger partial charge in [-0.2, -0.15) is 0 Å². The number of oxazole rings is 1. The highest BCUT2D eigenvalue weighted by molar-refractivity contribution is 9.10. The predicted octanol–water partition coefficient (Wildman–Crippen LogP) is 4.79. The third-order valence-corrected chi connectivity index (χ3v) is 4.81. The summed E-state index contributed by atoms with van der Waals surface area (Å²) >= 11 is 8.66. The maximum Gasteiger partial charge on any atom is 0.261 e. The summed E-state index contributed by atoms with van der Waals surface area (Å²) < 4.78 is 11.8. The van der Waals surface area contributed by atoms with Crippen LogP contribution in [0, 0.1) is 0 Å². The van der Waals surface area contributed by atoms with E-state index < -0.39 is 0 Å². The van der Waals surface area contributed by atoms with Gasteiger partial charge in [-0.05, 0) is 64.5 Å². The Morgan fingerprint density at radius 2 is 2.00 bits per heavy atom.